The summed E-state index contributed by atoms with van der Waals surface area (Å²) in [5.41, 5.74) is 0. The number of rotatable bonds is 4. The van der Waals surface area contributed by atoms with E-state index in [-0.39, 0.29) is 12.6 Å². The van der Waals surface area contributed by atoms with Gasteiger partial charge in [0.2, 0.25) is 0 Å². The first kappa shape index (κ1) is 11.6. The van der Waals surface area contributed by atoms with Crippen molar-refractivity contribution in [1.82, 2.24) is 4.98 Å². The van der Waals surface area contributed by atoms with E-state index in [2.05, 4.69) is 10.3 Å². The van der Waals surface area contributed by atoms with E-state index in [1.54, 1.807) is 6.07 Å². The molecule has 0 amide bonds. The first-order chi connectivity index (χ1) is 6.63. The highest BCUT2D eigenvalue weighted by Crippen LogP contribution is 2.23. The van der Waals surface area contributed by atoms with Crippen LogP contribution in [0.2, 0.25) is 10.0 Å². The van der Waals surface area contributed by atoms with E-state index < -0.39 is 0 Å². The number of hydrogen-bond acceptors (Lipinski definition) is 3. The Bertz CT molecular complexity index is 307. The minimum atomic E-state index is 0.131. The van der Waals surface area contributed by atoms with Crippen LogP contribution in [0.15, 0.2) is 12.3 Å². The molecule has 0 radical (unpaired) electrons. The van der Waals surface area contributed by atoms with Crippen LogP contribution in [0.5, 0.6) is 0 Å². The van der Waals surface area contributed by atoms with E-state index in [0.29, 0.717) is 22.3 Å². The fourth-order valence-electron chi connectivity index (χ4n) is 1.02. The van der Waals surface area contributed by atoms with Gasteiger partial charge in [-0.2, -0.15) is 0 Å². The molecule has 5 heteroatoms. The monoisotopic (exact) mass is 234 g/mol. The predicted octanol–water partition coefficient (Wildman–Crippen LogP) is 2.57. The summed E-state index contributed by atoms with van der Waals surface area (Å²) in [6.45, 7) is 2.09. The zero-order valence-electron chi connectivity index (χ0n) is 7.80. The normalized spacial score (nSPS) is 12.6. The first-order valence-electron chi connectivity index (χ1n) is 4.32. The van der Waals surface area contributed by atoms with Gasteiger partial charge in [-0.3, -0.25) is 0 Å². The van der Waals surface area contributed by atoms with Crippen molar-refractivity contribution < 1.29 is 5.11 Å². The number of nitrogens with zero attached hydrogens (tertiary/aromatic N) is 1. The predicted molar refractivity (Wildman–Crippen MR) is 59.0 cm³/mol. The Balaban J connectivity index is 2.67. The molecule has 1 heterocycles. The van der Waals surface area contributed by atoms with Crippen molar-refractivity contribution in [2.75, 3.05) is 11.9 Å². The Hall–Kier alpha value is -0.510. The number of halogens is 2. The molecule has 1 rings (SSSR count). The van der Waals surface area contributed by atoms with Gasteiger partial charge in [0.25, 0.3) is 0 Å². The standard InChI is InChI=1S/C9H12Cl2N2O/c1-6(2-3-14)13-9-8(11)4-7(10)5-12-9/h4-6,14H,2-3H2,1H3,(H,12,13)/t6-/m0/s1. The molecule has 0 spiro atoms. The van der Waals surface area contributed by atoms with Crippen molar-refractivity contribution in [3.05, 3.63) is 22.3 Å². The molecule has 1 atom stereocenters. The molecule has 0 aliphatic heterocycles. The van der Waals surface area contributed by atoms with Gasteiger partial charge in [0, 0.05) is 18.8 Å². The van der Waals surface area contributed by atoms with E-state index in [0.717, 1.165) is 0 Å². The summed E-state index contributed by atoms with van der Waals surface area (Å²) in [7, 11) is 0. The number of aliphatic hydroxyl groups excluding tert-OH is 1. The van der Waals surface area contributed by atoms with Crippen molar-refractivity contribution in [2.24, 2.45) is 0 Å². The zero-order valence-corrected chi connectivity index (χ0v) is 9.31. The second-order valence-electron chi connectivity index (χ2n) is 3.04. The molecule has 3 nitrogen and oxygen atoms in total. The third kappa shape index (κ3) is 3.33. The van der Waals surface area contributed by atoms with Crippen molar-refractivity contribution in [3.8, 4) is 0 Å². The second kappa shape index (κ2) is 5.39. The molecule has 0 aliphatic carbocycles. The lowest BCUT2D eigenvalue weighted by Crippen LogP contribution is -2.17. The molecule has 0 aliphatic rings. The largest absolute Gasteiger partial charge is 0.396 e. The molecular formula is C9H12Cl2N2O. The van der Waals surface area contributed by atoms with E-state index in [4.69, 9.17) is 28.3 Å². The summed E-state index contributed by atoms with van der Waals surface area (Å²) in [6, 6.07) is 1.76. The number of nitrogens with one attached hydrogen (secondary N) is 1. The number of aromatic nitrogens is 1. The summed E-state index contributed by atoms with van der Waals surface area (Å²) in [5.74, 6) is 0.594. The van der Waals surface area contributed by atoms with E-state index in [9.17, 15) is 0 Å². The highest BCUT2D eigenvalue weighted by Gasteiger charge is 2.06. The van der Waals surface area contributed by atoms with E-state index in [1.165, 1.54) is 6.20 Å². The van der Waals surface area contributed by atoms with Crippen molar-refractivity contribution in [1.29, 1.82) is 0 Å². The highest BCUT2D eigenvalue weighted by molar-refractivity contribution is 6.35. The van der Waals surface area contributed by atoms with Crippen LogP contribution >= 0.6 is 23.2 Å². The Morgan fingerprint density at radius 1 is 1.57 bits per heavy atom. The summed E-state index contributed by atoms with van der Waals surface area (Å²) < 4.78 is 0. The minimum Gasteiger partial charge on any atom is -0.396 e. The van der Waals surface area contributed by atoms with Crippen molar-refractivity contribution >= 4 is 29.0 Å². The van der Waals surface area contributed by atoms with Gasteiger partial charge in [-0.05, 0) is 19.4 Å². The van der Waals surface area contributed by atoms with Crippen LogP contribution in [-0.2, 0) is 0 Å². The third-order valence-corrected chi connectivity index (χ3v) is 2.25. The lowest BCUT2D eigenvalue weighted by molar-refractivity contribution is 0.282. The Kier molecular flexibility index (Phi) is 4.45. The number of pyridine rings is 1. The Labute approximate surface area is 93.1 Å². The first-order valence-corrected chi connectivity index (χ1v) is 5.07. The average Bonchev–Trinajstić information content (AvgIpc) is 2.10. The third-order valence-electron chi connectivity index (χ3n) is 1.75. The molecular weight excluding hydrogens is 223 g/mol. The van der Waals surface area contributed by atoms with Gasteiger partial charge in [0.15, 0.2) is 0 Å². The fourth-order valence-corrected chi connectivity index (χ4v) is 1.45. The lowest BCUT2D eigenvalue weighted by atomic mass is 10.2. The van der Waals surface area contributed by atoms with Gasteiger partial charge in [-0.15, -0.1) is 0 Å². The van der Waals surface area contributed by atoms with Crippen LogP contribution in [0.4, 0.5) is 5.82 Å². The summed E-state index contributed by atoms with van der Waals surface area (Å²) in [5, 5.41) is 12.8. The van der Waals surface area contributed by atoms with E-state index in [1.807, 2.05) is 6.92 Å². The maximum absolute atomic E-state index is 8.71. The van der Waals surface area contributed by atoms with Crippen LogP contribution in [-0.4, -0.2) is 22.7 Å². The number of anilines is 1. The number of hydrogen-bond donors (Lipinski definition) is 2. The smallest absolute Gasteiger partial charge is 0.145 e. The molecule has 0 aromatic carbocycles. The average molecular weight is 235 g/mol. The van der Waals surface area contributed by atoms with Crippen LogP contribution in [0.1, 0.15) is 13.3 Å². The molecule has 0 fully saturated rings. The molecule has 0 unspecified atom stereocenters. The van der Waals surface area contributed by atoms with Crippen LogP contribution < -0.4 is 5.32 Å². The fraction of sp³-hybridized carbons (Fsp3) is 0.444. The van der Waals surface area contributed by atoms with Gasteiger partial charge in [0.1, 0.15) is 5.82 Å². The van der Waals surface area contributed by atoms with Crippen LogP contribution in [0.25, 0.3) is 0 Å². The molecule has 0 bridgehead atoms. The molecule has 2 N–H and O–H groups in total. The van der Waals surface area contributed by atoms with Gasteiger partial charge >= 0.3 is 0 Å². The van der Waals surface area contributed by atoms with Crippen molar-refractivity contribution in [3.63, 3.8) is 0 Å². The second-order valence-corrected chi connectivity index (χ2v) is 3.89. The minimum absolute atomic E-state index is 0.131. The van der Waals surface area contributed by atoms with Crippen LogP contribution in [0, 0.1) is 0 Å². The SMILES string of the molecule is C[C@@H](CCO)Nc1ncc(Cl)cc1Cl. The highest BCUT2D eigenvalue weighted by atomic mass is 35.5. The Morgan fingerprint density at radius 2 is 2.29 bits per heavy atom. The molecule has 0 saturated carbocycles. The lowest BCUT2D eigenvalue weighted by Gasteiger charge is -2.13. The van der Waals surface area contributed by atoms with Gasteiger partial charge in [-0.25, -0.2) is 4.98 Å². The van der Waals surface area contributed by atoms with E-state index >= 15 is 0 Å². The summed E-state index contributed by atoms with van der Waals surface area (Å²) in [6.07, 6.45) is 2.18. The molecule has 14 heavy (non-hydrogen) atoms. The molecule has 1 aromatic heterocycles. The maximum atomic E-state index is 8.71. The van der Waals surface area contributed by atoms with Gasteiger partial charge in [-0.1, -0.05) is 23.2 Å². The summed E-state index contributed by atoms with van der Waals surface area (Å²) in [4.78, 5) is 4.04. The molecule has 1 aromatic rings. The number of aliphatic hydroxyl groups is 1. The van der Waals surface area contributed by atoms with Gasteiger partial charge in [0.05, 0.1) is 10.0 Å². The molecule has 78 valence electrons. The van der Waals surface area contributed by atoms with Crippen LogP contribution in [0.3, 0.4) is 0 Å². The zero-order chi connectivity index (χ0) is 10.6. The van der Waals surface area contributed by atoms with Gasteiger partial charge < -0.3 is 10.4 Å². The molecule has 0 saturated heterocycles. The summed E-state index contributed by atoms with van der Waals surface area (Å²) >= 11 is 11.6. The Morgan fingerprint density at radius 3 is 2.86 bits per heavy atom. The topological polar surface area (TPSA) is 45.1 Å². The maximum Gasteiger partial charge on any atom is 0.145 e. The quantitative estimate of drug-likeness (QED) is 0.842. The van der Waals surface area contributed by atoms with Crippen molar-refractivity contribution in [2.45, 2.75) is 19.4 Å².